The molecule has 14 rings (SSSR count). The summed E-state index contributed by atoms with van der Waals surface area (Å²) in [7, 11) is 0. The number of ketones is 2. The number of hydrogen-bond donors (Lipinski definition) is 2. The maximum atomic E-state index is 10.0. The van der Waals surface area contributed by atoms with Crippen LogP contribution in [0.5, 0.6) is 0 Å². The van der Waals surface area contributed by atoms with Crippen LogP contribution in [0, 0.1) is 78.8 Å². The van der Waals surface area contributed by atoms with Crippen molar-refractivity contribution >= 4 is 11.6 Å². The first-order valence-corrected chi connectivity index (χ1v) is 34.0. The van der Waals surface area contributed by atoms with Gasteiger partial charge in [-0.25, -0.2) is 0 Å². The SMILES string of the molecule is CC(=O)C=C(C)O.CC(=O)C=C(C)O.Cc1[c-]c(-c2ccc(-c3ccccc3)cn2)cc(C)c1.Cc1[c-]c(-c2ccc(-c3ccccc3)cn2)cc(C)c1.Cc1c[c-]c(-c2ccc(-c3ccccc3)cn2)c(C)c1.Cc1cccnc1-c1[c-]cccc1.[2H]c1c([2H])c([2H])c(-c2ccc(-c3[c-]cccc3)nc2)c([2H])c1[2H].[Ir].[Ir].[Ir].[Ir]. The van der Waals surface area contributed by atoms with Crippen molar-refractivity contribution in [2.24, 2.45) is 0 Å². The maximum Gasteiger partial charge on any atom is 0.155 e. The van der Waals surface area contributed by atoms with Crippen LogP contribution in [-0.2, 0) is 90.0 Å². The van der Waals surface area contributed by atoms with Crippen LogP contribution in [0.1, 0.15) is 73.5 Å². The molecule has 5 aromatic heterocycles. The van der Waals surface area contributed by atoms with E-state index in [1.54, 1.807) is 18.2 Å². The van der Waals surface area contributed by atoms with Crippen molar-refractivity contribution in [3.05, 3.63) is 391 Å². The second-order valence-corrected chi connectivity index (χ2v) is 24.6. The number of rotatable bonds is 11. The fourth-order valence-electron chi connectivity index (χ4n) is 10.7. The summed E-state index contributed by atoms with van der Waals surface area (Å²) in [5.74, 6) is -0.125. The van der Waals surface area contributed by atoms with Gasteiger partial charge in [0.25, 0.3) is 0 Å². The van der Waals surface area contributed by atoms with Crippen molar-refractivity contribution < 1.29 is 107 Å². The van der Waals surface area contributed by atoms with E-state index in [4.69, 9.17) is 17.1 Å². The van der Waals surface area contributed by atoms with Crippen molar-refractivity contribution in [2.75, 3.05) is 0 Å². The summed E-state index contributed by atoms with van der Waals surface area (Å²) in [5, 5.41) is 16.7. The Labute approximate surface area is 705 Å². The van der Waals surface area contributed by atoms with Crippen LogP contribution >= 0.6 is 0 Å². The predicted molar refractivity (Wildman–Crippen MR) is 432 cm³/mol. The number of aliphatic hydroxyl groups is 2. The molecule has 9 nitrogen and oxygen atoms in total. The van der Waals surface area contributed by atoms with E-state index in [1.807, 2.05) is 134 Å². The van der Waals surface area contributed by atoms with E-state index in [2.05, 4.69) is 213 Å². The number of nitrogens with zero attached hydrogens (tertiary/aromatic N) is 5. The fraction of sp³-hybridized carbons (Fsp3) is 0.115. The van der Waals surface area contributed by atoms with Gasteiger partial charge in [-0.1, -0.05) is 223 Å². The van der Waals surface area contributed by atoms with Gasteiger partial charge in [0, 0.05) is 124 Å². The molecule has 0 saturated heterocycles. The van der Waals surface area contributed by atoms with E-state index < -0.39 is 6.04 Å². The molecule has 0 spiro atoms. The van der Waals surface area contributed by atoms with Gasteiger partial charge in [-0.3, -0.25) is 9.59 Å². The zero-order valence-electron chi connectivity index (χ0n) is 67.3. The number of hydrogen-bond acceptors (Lipinski definition) is 9. The number of allylic oxidation sites excluding steroid dienone is 4. The molecule has 2 N–H and O–H groups in total. The number of aryl methyl sites for hydroxylation is 7. The molecule has 4 radical (unpaired) electrons. The molecule has 9 aromatic carbocycles. The van der Waals surface area contributed by atoms with Gasteiger partial charge in [-0.05, 0) is 114 Å². The summed E-state index contributed by atoms with van der Waals surface area (Å²) in [4.78, 5) is 42.4. The Balaban J connectivity index is 0.000000287. The van der Waals surface area contributed by atoms with Crippen molar-refractivity contribution in [1.82, 2.24) is 24.9 Å². The minimum Gasteiger partial charge on any atom is -0.512 e. The van der Waals surface area contributed by atoms with Gasteiger partial charge in [0.2, 0.25) is 0 Å². The summed E-state index contributed by atoms with van der Waals surface area (Å²) < 4.78 is 39.1. The number of carbonyl (C=O) groups excluding carboxylic acids is 2. The van der Waals surface area contributed by atoms with E-state index in [1.165, 1.54) is 90.6 Å². The monoisotopic (exact) mass is 2150 g/mol. The molecule has 0 aliphatic carbocycles. The molecule has 0 atom stereocenters. The molecule has 0 unspecified atom stereocenters. The van der Waals surface area contributed by atoms with Crippen molar-refractivity contribution in [3.63, 3.8) is 0 Å². The maximum absolute atomic E-state index is 10.0. The average molecular weight is 2150 g/mol. The Morgan fingerprint density at radius 1 is 0.358 bits per heavy atom. The first-order valence-electron chi connectivity index (χ1n) is 36.5. The molecule has 560 valence electrons. The molecule has 0 bridgehead atoms. The van der Waals surface area contributed by atoms with Crippen molar-refractivity contribution in [1.29, 1.82) is 0 Å². The number of pyridine rings is 5. The molecular weight excluding hydrogens is 2060 g/mol. The third-order valence-corrected chi connectivity index (χ3v) is 15.3. The van der Waals surface area contributed by atoms with Crippen molar-refractivity contribution in [3.8, 4) is 101 Å². The minimum atomic E-state index is -0.396. The number of carbonyl (C=O) groups is 2. The van der Waals surface area contributed by atoms with Crippen LogP contribution in [-0.4, -0.2) is 46.7 Å². The molecule has 109 heavy (non-hydrogen) atoms. The summed E-state index contributed by atoms with van der Waals surface area (Å²) in [6.07, 6.45) is 11.4. The molecule has 0 aliphatic rings. The number of aromatic nitrogens is 5. The van der Waals surface area contributed by atoms with E-state index >= 15 is 0 Å². The molecule has 0 amide bonds. The molecular formula is C96H86Ir4N5O4-5. The third-order valence-electron chi connectivity index (χ3n) is 15.3. The molecule has 13 heteroatoms. The van der Waals surface area contributed by atoms with E-state index in [-0.39, 0.29) is 133 Å². The first kappa shape index (κ1) is 82.8. The fourth-order valence-corrected chi connectivity index (χ4v) is 10.7. The first-order chi connectivity index (χ1) is 52.8. The van der Waals surface area contributed by atoms with E-state index in [0.717, 1.165) is 78.4 Å². The van der Waals surface area contributed by atoms with Gasteiger partial charge in [0.1, 0.15) is 0 Å². The van der Waals surface area contributed by atoms with Crippen LogP contribution in [0.2, 0.25) is 0 Å². The van der Waals surface area contributed by atoms with Crippen LogP contribution in [0.4, 0.5) is 0 Å². The molecule has 0 saturated carbocycles. The van der Waals surface area contributed by atoms with Gasteiger partial charge in [-0.15, -0.1) is 176 Å². The Bertz CT molecular complexity index is 5170. The topological polar surface area (TPSA) is 139 Å². The molecule has 0 fully saturated rings. The van der Waals surface area contributed by atoms with Crippen LogP contribution < -0.4 is 0 Å². The number of aliphatic hydroxyl groups excluding tert-OH is 2. The summed E-state index contributed by atoms with van der Waals surface area (Å²) >= 11 is 0. The van der Waals surface area contributed by atoms with Crippen LogP contribution in [0.15, 0.2) is 321 Å². The Morgan fingerprint density at radius 3 is 1.08 bits per heavy atom. The molecule has 5 heterocycles. The Kier molecular flexibility index (Phi) is 36.6. The zero-order chi connectivity index (χ0) is 79.2. The predicted octanol–water partition coefficient (Wildman–Crippen LogP) is 23.6. The third kappa shape index (κ3) is 31.1. The second kappa shape index (κ2) is 48.2. The Morgan fingerprint density at radius 2 is 0.743 bits per heavy atom. The summed E-state index contributed by atoms with van der Waals surface area (Å²) in [6, 6.07) is 93.6. The largest absolute Gasteiger partial charge is 0.512 e. The Hall–Kier alpha value is -10.3. The van der Waals surface area contributed by atoms with Gasteiger partial charge in [0.15, 0.2) is 11.6 Å². The van der Waals surface area contributed by atoms with Crippen molar-refractivity contribution in [2.45, 2.75) is 76.2 Å². The molecule has 0 aliphatic heterocycles. The van der Waals surface area contributed by atoms with Crippen LogP contribution in [0.3, 0.4) is 0 Å². The average Bonchev–Trinajstić information content (AvgIpc) is 0.778. The van der Waals surface area contributed by atoms with Gasteiger partial charge < -0.3 is 35.1 Å². The van der Waals surface area contributed by atoms with Gasteiger partial charge in [-0.2, -0.15) is 0 Å². The van der Waals surface area contributed by atoms with Crippen LogP contribution in [0.25, 0.3) is 101 Å². The summed E-state index contributed by atoms with van der Waals surface area (Å²) in [6.45, 7) is 20.3. The quantitative estimate of drug-likeness (QED) is 0.0736. The minimum absolute atomic E-state index is 0. The molecule has 14 aromatic rings. The zero-order valence-corrected chi connectivity index (χ0v) is 71.9. The van der Waals surface area contributed by atoms with Gasteiger partial charge >= 0.3 is 0 Å². The van der Waals surface area contributed by atoms with E-state index in [9.17, 15) is 9.59 Å². The number of benzene rings is 9. The smallest absolute Gasteiger partial charge is 0.155 e. The van der Waals surface area contributed by atoms with E-state index in [0.29, 0.717) is 11.3 Å². The second-order valence-electron chi connectivity index (χ2n) is 24.6. The van der Waals surface area contributed by atoms with Gasteiger partial charge in [0.05, 0.1) is 18.4 Å². The normalized spacial score (nSPS) is 10.8. The standard InChI is InChI=1S/3C19H16N.C17H12N.C12H10N.2C5H8O2.4Ir/c1-14-8-10-18(15(2)12-14)19-11-9-17(13-20-19)16-6-4-3-5-7-16;2*1-14-10-15(2)12-18(11-14)19-9-8-17(13-20-19)16-6-4-3-5-7-16;1-3-7-14(8-4-1)16-11-12-17(18-13-16)15-9-5-2-6-10-15;1-10-6-5-9-13-12(10)11-7-3-2-4-8-11;2*1-4(6)3-5(2)7;;;;/h3-9,11-13H,1-2H3;2*3-11,13H,1-2H3;1-9,11-13H;2-7,9H,1H3;2*3,6H,1-2H3;;;;/q5*-1;;;;;;/i;;;1D,3D,4D,7D,8D;;;;;;;. The summed E-state index contributed by atoms with van der Waals surface area (Å²) in [5.41, 5.74) is 25.8.